The summed E-state index contributed by atoms with van der Waals surface area (Å²) in [6, 6.07) is 5.32. The Bertz CT molecular complexity index is 745. The molecule has 0 N–H and O–H groups in total. The van der Waals surface area contributed by atoms with Gasteiger partial charge in [-0.05, 0) is 51.1 Å². The van der Waals surface area contributed by atoms with Crippen LogP contribution >= 0.6 is 0 Å². The molecule has 3 aliphatic rings. The molecule has 3 fully saturated rings. The van der Waals surface area contributed by atoms with Gasteiger partial charge in [0.05, 0.1) is 13.7 Å². The van der Waals surface area contributed by atoms with Crippen molar-refractivity contribution in [2.24, 2.45) is 5.41 Å². The first-order valence-corrected chi connectivity index (χ1v) is 10.9. The molecule has 0 radical (unpaired) electrons. The second-order valence-corrected chi connectivity index (χ2v) is 8.80. The summed E-state index contributed by atoms with van der Waals surface area (Å²) in [4.78, 5) is 36.3. The zero-order valence-corrected chi connectivity index (χ0v) is 17.4. The predicted molar refractivity (Wildman–Crippen MR) is 110 cm³/mol. The normalized spacial score (nSPS) is 25.4. The van der Waals surface area contributed by atoms with Gasteiger partial charge in [0.25, 0.3) is 5.91 Å². The Morgan fingerprint density at radius 2 is 1.72 bits per heavy atom. The zero-order valence-electron chi connectivity index (χ0n) is 17.4. The topological polar surface area (TPSA) is 66.0 Å². The van der Waals surface area contributed by atoms with Gasteiger partial charge in [-0.25, -0.2) is 4.98 Å². The van der Waals surface area contributed by atoms with Crippen LogP contribution in [0.15, 0.2) is 18.2 Å². The second-order valence-electron chi connectivity index (χ2n) is 8.80. The van der Waals surface area contributed by atoms with Crippen molar-refractivity contribution in [3.63, 3.8) is 0 Å². The summed E-state index contributed by atoms with van der Waals surface area (Å²) in [6.45, 7) is 5.74. The molecule has 1 aromatic heterocycles. The van der Waals surface area contributed by atoms with Crippen LogP contribution in [0.5, 0.6) is 5.88 Å². The number of hydrogen-bond donors (Lipinski definition) is 0. The third kappa shape index (κ3) is 4.55. The lowest BCUT2D eigenvalue weighted by Gasteiger charge is -2.48. The molecule has 1 aromatic rings. The Labute approximate surface area is 173 Å². The lowest BCUT2D eigenvalue weighted by Crippen LogP contribution is -2.55. The second kappa shape index (κ2) is 8.69. The van der Waals surface area contributed by atoms with Gasteiger partial charge in [0.1, 0.15) is 5.69 Å². The number of amides is 2. The van der Waals surface area contributed by atoms with E-state index >= 15 is 0 Å². The van der Waals surface area contributed by atoms with E-state index in [0.29, 0.717) is 18.1 Å². The number of hydrogen-bond acceptors (Lipinski definition) is 5. The van der Waals surface area contributed by atoms with E-state index in [2.05, 4.69) is 9.88 Å². The standard InChI is InChI=1S/C22H32N4O3/c1-29-19-8-4-7-18(23-19)21(28)26-14-6-10-22(17-26)9-5-11-24(16-22)15-20(27)25-12-2-3-13-25/h4,7-8H,2-3,5-6,9-17H2,1H3. The highest BCUT2D eigenvalue weighted by Gasteiger charge is 2.41. The Morgan fingerprint density at radius 1 is 1.00 bits per heavy atom. The van der Waals surface area contributed by atoms with Crippen molar-refractivity contribution < 1.29 is 14.3 Å². The van der Waals surface area contributed by atoms with E-state index in [1.807, 2.05) is 15.9 Å². The molecule has 7 heteroatoms. The number of piperidine rings is 2. The molecule has 3 saturated heterocycles. The summed E-state index contributed by atoms with van der Waals surface area (Å²) in [5, 5.41) is 0. The maximum atomic E-state index is 13.1. The Balaban J connectivity index is 1.40. The average Bonchev–Trinajstić information content (AvgIpc) is 3.28. The summed E-state index contributed by atoms with van der Waals surface area (Å²) in [5.41, 5.74) is 0.536. The van der Waals surface area contributed by atoms with Crippen molar-refractivity contribution in [1.29, 1.82) is 0 Å². The van der Waals surface area contributed by atoms with E-state index in [-0.39, 0.29) is 17.2 Å². The highest BCUT2D eigenvalue weighted by Crippen LogP contribution is 2.38. The van der Waals surface area contributed by atoms with E-state index in [9.17, 15) is 9.59 Å². The summed E-state index contributed by atoms with van der Waals surface area (Å²) in [5.74, 6) is 0.712. The van der Waals surface area contributed by atoms with E-state index in [1.54, 1.807) is 19.2 Å². The summed E-state index contributed by atoms with van der Waals surface area (Å²) < 4.78 is 5.17. The molecule has 4 heterocycles. The van der Waals surface area contributed by atoms with Crippen LogP contribution in [-0.2, 0) is 4.79 Å². The zero-order chi connectivity index (χ0) is 20.3. The first-order valence-electron chi connectivity index (χ1n) is 10.9. The fraction of sp³-hybridized carbons (Fsp3) is 0.682. The molecule has 0 saturated carbocycles. The van der Waals surface area contributed by atoms with Crippen LogP contribution < -0.4 is 4.74 Å². The molecule has 1 spiro atoms. The third-order valence-electron chi connectivity index (χ3n) is 6.66. The van der Waals surface area contributed by atoms with E-state index < -0.39 is 0 Å². The molecular weight excluding hydrogens is 368 g/mol. The van der Waals surface area contributed by atoms with Gasteiger partial charge in [-0.2, -0.15) is 0 Å². The molecule has 1 atom stereocenters. The molecule has 4 rings (SSSR count). The maximum absolute atomic E-state index is 13.1. The van der Waals surface area contributed by atoms with Gasteiger partial charge >= 0.3 is 0 Å². The number of likely N-dealkylation sites (tertiary alicyclic amines) is 3. The first kappa shape index (κ1) is 20.1. The SMILES string of the molecule is COc1cccc(C(=O)N2CCCC3(CCCN(CC(=O)N4CCCC4)C3)C2)n1. The van der Waals surface area contributed by atoms with Crippen LogP contribution in [0.1, 0.15) is 49.0 Å². The van der Waals surface area contributed by atoms with Gasteiger partial charge < -0.3 is 14.5 Å². The average molecular weight is 401 g/mol. The summed E-state index contributed by atoms with van der Waals surface area (Å²) >= 11 is 0. The van der Waals surface area contributed by atoms with Crippen LogP contribution in [0.3, 0.4) is 0 Å². The molecule has 0 aliphatic carbocycles. The molecule has 158 valence electrons. The van der Waals surface area contributed by atoms with Crippen molar-refractivity contribution in [3.05, 3.63) is 23.9 Å². The van der Waals surface area contributed by atoms with Gasteiger partial charge in [0, 0.05) is 44.2 Å². The largest absolute Gasteiger partial charge is 0.481 e. The summed E-state index contributed by atoms with van der Waals surface area (Å²) in [6.07, 6.45) is 6.60. The minimum atomic E-state index is -0.0201. The number of ether oxygens (including phenoxy) is 1. The van der Waals surface area contributed by atoms with E-state index in [0.717, 1.165) is 77.8 Å². The molecular formula is C22H32N4O3. The third-order valence-corrected chi connectivity index (χ3v) is 6.66. The van der Waals surface area contributed by atoms with Gasteiger partial charge in [-0.15, -0.1) is 0 Å². The maximum Gasteiger partial charge on any atom is 0.272 e. The Kier molecular flexibility index (Phi) is 6.04. The van der Waals surface area contributed by atoms with E-state index in [4.69, 9.17) is 4.74 Å². The lowest BCUT2D eigenvalue weighted by atomic mass is 9.73. The monoisotopic (exact) mass is 400 g/mol. The minimum Gasteiger partial charge on any atom is -0.481 e. The van der Waals surface area contributed by atoms with Gasteiger partial charge in [-0.1, -0.05) is 6.07 Å². The molecule has 0 aromatic carbocycles. The fourth-order valence-corrected chi connectivity index (χ4v) is 5.23. The van der Waals surface area contributed by atoms with E-state index in [1.165, 1.54) is 0 Å². The highest BCUT2D eigenvalue weighted by molar-refractivity contribution is 5.92. The van der Waals surface area contributed by atoms with Crippen LogP contribution in [0.25, 0.3) is 0 Å². The number of carbonyl (C=O) groups excluding carboxylic acids is 2. The Morgan fingerprint density at radius 3 is 2.48 bits per heavy atom. The van der Waals surface area contributed by atoms with Crippen LogP contribution in [-0.4, -0.2) is 84.4 Å². The predicted octanol–water partition coefficient (Wildman–Crippen LogP) is 2.03. The smallest absolute Gasteiger partial charge is 0.272 e. The van der Waals surface area contributed by atoms with Crippen molar-refractivity contribution in [3.8, 4) is 5.88 Å². The van der Waals surface area contributed by atoms with Gasteiger partial charge in [0.2, 0.25) is 11.8 Å². The van der Waals surface area contributed by atoms with Crippen LogP contribution in [0.4, 0.5) is 0 Å². The number of methoxy groups -OCH3 is 1. The number of rotatable bonds is 4. The number of nitrogens with zero attached hydrogens (tertiary/aromatic N) is 4. The fourth-order valence-electron chi connectivity index (χ4n) is 5.23. The molecule has 3 aliphatic heterocycles. The molecule has 29 heavy (non-hydrogen) atoms. The molecule has 7 nitrogen and oxygen atoms in total. The van der Waals surface area contributed by atoms with Crippen LogP contribution in [0, 0.1) is 5.41 Å². The highest BCUT2D eigenvalue weighted by atomic mass is 16.5. The van der Waals surface area contributed by atoms with Gasteiger partial charge in [0.15, 0.2) is 0 Å². The van der Waals surface area contributed by atoms with Crippen molar-refractivity contribution in [2.45, 2.75) is 38.5 Å². The van der Waals surface area contributed by atoms with Crippen molar-refractivity contribution >= 4 is 11.8 Å². The molecule has 2 amide bonds. The lowest BCUT2D eigenvalue weighted by molar-refractivity contribution is -0.132. The number of aromatic nitrogens is 1. The quantitative estimate of drug-likeness (QED) is 0.774. The molecule has 0 bridgehead atoms. The van der Waals surface area contributed by atoms with Crippen molar-refractivity contribution in [1.82, 2.24) is 19.7 Å². The first-order chi connectivity index (χ1) is 14.1. The van der Waals surface area contributed by atoms with Crippen LogP contribution in [0.2, 0.25) is 0 Å². The number of carbonyl (C=O) groups is 2. The number of pyridine rings is 1. The Hall–Kier alpha value is -2.15. The van der Waals surface area contributed by atoms with Crippen molar-refractivity contribution in [2.75, 3.05) is 52.9 Å². The summed E-state index contributed by atoms with van der Waals surface area (Å²) in [7, 11) is 1.56. The minimum absolute atomic E-state index is 0.0201. The van der Waals surface area contributed by atoms with Gasteiger partial charge in [-0.3, -0.25) is 14.5 Å². The molecule has 1 unspecified atom stereocenters.